The van der Waals surface area contributed by atoms with Crippen molar-refractivity contribution in [2.75, 3.05) is 4.90 Å². The Labute approximate surface area is 282 Å². The van der Waals surface area contributed by atoms with Crippen molar-refractivity contribution < 1.29 is 4.74 Å². The molecule has 2 nitrogen and oxygen atoms in total. The van der Waals surface area contributed by atoms with Crippen LogP contribution in [0.1, 0.15) is 41.7 Å². The van der Waals surface area contributed by atoms with Crippen molar-refractivity contribution >= 4 is 17.1 Å². The fourth-order valence-electron chi connectivity index (χ4n) is 8.01. The van der Waals surface area contributed by atoms with Crippen LogP contribution in [0.25, 0.3) is 22.3 Å². The molecule has 0 bridgehead atoms. The largest absolute Gasteiger partial charge is 0.472 e. The van der Waals surface area contributed by atoms with Gasteiger partial charge in [-0.2, -0.15) is 0 Å². The van der Waals surface area contributed by atoms with E-state index in [0.29, 0.717) is 0 Å². The van der Waals surface area contributed by atoms with Gasteiger partial charge in [0.05, 0.1) is 0 Å². The van der Waals surface area contributed by atoms with Crippen LogP contribution in [0.2, 0.25) is 0 Å². The zero-order valence-electron chi connectivity index (χ0n) is 27.1. The van der Waals surface area contributed by atoms with Crippen LogP contribution in [-0.2, 0) is 11.0 Å². The summed E-state index contributed by atoms with van der Waals surface area (Å²) in [6, 6.07) is 63.1. The Morgan fingerprint density at radius 1 is 0.396 bits per heavy atom. The summed E-state index contributed by atoms with van der Waals surface area (Å²) in [5, 5.41) is 0. The van der Waals surface area contributed by atoms with E-state index in [1.807, 2.05) is 0 Å². The fraction of sp³-hybridized carbons (Fsp3) is 0.0870. The van der Waals surface area contributed by atoms with Gasteiger partial charge in [-0.3, -0.25) is 0 Å². The normalized spacial score (nSPS) is 14.5. The molecule has 0 N–H and O–H groups in total. The van der Waals surface area contributed by atoms with Crippen molar-refractivity contribution in [2.24, 2.45) is 0 Å². The summed E-state index contributed by atoms with van der Waals surface area (Å²) in [5.41, 5.74) is 13.3. The second-order valence-electron chi connectivity index (χ2n) is 13.3. The molecule has 0 radical (unpaired) electrons. The number of benzene rings is 7. The number of hydrogen-bond acceptors (Lipinski definition) is 2. The molecule has 0 fully saturated rings. The molecule has 1 aliphatic carbocycles. The monoisotopic (exact) mass is 617 g/mol. The molecule has 230 valence electrons. The van der Waals surface area contributed by atoms with Crippen molar-refractivity contribution in [2.45, 2.75) is 24.9 Å². The van der Waals surface area contributed by atoms with Gasteiger partial charge in [-0.1, -0.05) is 147 Å². The molecule has 9 rings (SSSR count). The smallest absolute Gasteiger partial charge is 0.185 e. The van der Waals surface area contributed by atoms with Gasteiger partial charge >= 0.3 is 0 Å². The Hall–Kier alpha value is -5.86. The quantitative estimate of drug-likeness (QED) is 0.191. The van der Waals surface area contributed by atoms with E-state index in [1.54, 1.807) is 0 Å². The lowest BCUT2D eigenvalue weighted by atomic mass is 9.75. The van der Waals surface area contributed by atoms with Crippen molar-refractivity contribution in [1.82, 2.24) is 0 Å². The van der Waals surface area contributed by atoms with Crippen LogP contribution in [0.5, 0.6) is 5.75 Å². The minimum Gasteiger partial charge on any atom is -0.472 e. The standard InChI is InChI=1S/C46H35NO/c1-45(2)41-24-14-12-23-38(41)40-30-35(27-29-42(40)45)47(34-20-10-5-11-21-34)36-26-28-39-37-22-13-15-25-43(37)46(48-44(39)31-36,32-16-6-3-7-17-32)33-18-8-4-9-19-33/h3-31H,1-2H3. The minimum atomic E-state index is -0.814. The summed E-state index contributed by atoms with van der Waals surface area (Å²) in [7, 11) is 0. The number of para-hydroxylation sites is 1. The van der Waals surface area contributed by atoms with Gasteiger partial charge in [0.1, 0.15) is 5.75 Å². The predicted molar refractivity (Wildman–Crippen MR) is 198 cm³/mol. The summed E-state index contributed by atoms with van der Waals surface area (Å²) < 4.78 is 7.40. The highest BCUT2D eigenvalue weighted by Crippen LogP contribution is 2.54. The maximum Gasteiger partial charge on any atom is 0.185 e. The molecule has 0 atom stereocenters. The average Bonchev–Trinajstić information content (AvgIpc) is 3.38. The average molecular weight is 618 g/mol. The van der Waals surface area contributed by atoms with Crippen molar-refractivity contribution in [1.29, 1.82) is 0 Å². The van der Waals surface area contributed by atoms with Gasteiger partial charge in [-0.15, -0.1) is 0 Å². The van der Waals surface area contributed by atoms with E-state index in [1.165, 1.54) is 27.8 Å². The van der Waals surface area contributed by atoms with Gasteiger partial charge in [0, 0.05) is 50.8 Å². The van der Waals surface area contributed by atoms with Gasteiger partial charge in [0.15, 0.2) is 5.60 Å². The van der Waals surface area contributed by atoms with E-state index in [-0.39, 0.29) is 5.41 Å². The lowest BCUT2D eigenvalue weighted by Crippen LogP contribution is -2.38. The Balaban J connectivity index is 1.25. The maximum atomic E-state index is 7.40. The number of fused-ring (bicyclic) bond motifs is 6. The molecule has 1 aliphatic heterocycles. The molecular weight excluding hydrogens is 583 g/mol. The van der Waals surface area contributed by atoms with E-state index in [0.717, 1.165) is 45.1 Å². The predicted octanol–water partition coefficient (Wildman–Crippen LogP) is 11.8. The van der Waals surface area contributed by atoms with Crippen molar-refractivity contribution in [3.8, 4) is 28.0 Å². The van der Waals surface area contributed by atoms with Crippen molar-refractivity contribution in [3.05, 3.63) is 204 Å². The first-order chi connectivity index (χ1) is 23.6. The molecule has 7 aromatic rings. The van der Waals surface area contributed by atoms with Gasteiger partial charge in [-0.25, -0.2) is 0 Å². The molecule has 0 saturated heterocycles. The van der Waals surface area contributed by atoms with Crippen LogP contribution in [0, 0.1) is 0 Å². The second-order valence-corrected chi connectivity index (χ2v) is 13.3. The fourth-order valence-corrected chi connectivity index (χ4v) is 8.01. The number of rotatable bonds is 5. The number of anilines is 3. The van der Waals surface area contributed by atoms with Gasteiger partial charge in [0.25, 0.3) is 0 Å². The number of nitrogens with zero attached hydrogens (tertiary/aromatic N) is 1. The third kappa shape index (κ3) is 4.19. The van der Waals surface area contributed by atoms with Crippen LogP contribution in [0.4, 0.5) is 17.1 Å². The Morgan fingerprint density at radius 2 is 0.896 bits per heavy atom. The lowest BCUT2D eigenvalue weighted by Gasteiger charge is -2.41. The van der Waals surface area contributed by atoms with Crippen LogP contribution >= 0.6 is 0 Å². The van der Waals surface area contributed by atoms with Crippen LogP contribution < -0.4 is 9.64 Å². The van der Waals surface area contributed by atoms with E-state index in [2.05, 4.69) is 195 Å². The third-order valence-corrected chi connectivity index (χ3v) is 10.3. The first kappa shape index (κ1) is 28.4. The van der Waals surface area contributed by atoms with Crippen molar-refractivity contribution in [3.63, 3.8) is 0 Å². The third-order valence-electron chi connectivity index (χ3n) is 10.3. The highest BCUT2D eigenvalue weighted by molar-refractivity contribution is 5.88. The first-order valence-electron chi connectivity index (χ1n) is 16.7. The second kappa shape index (κ2) is 10.9. The molecule has 0 spiro atoms. The maximum absolute atomic E-state index is 7.40. The molecule has 48 heavy (non-hydrogen) atoms. The zero-order valence-corrected chi connectivity index (χ0v) is 27.1. The summed E-state index contributed by atoms with van der Waals surface area (Å²) in [6.45, 7) is 4.66. The lowest BCUT2D eigenvalue weighted by molar-refractivity contribution is 0.152. The van der Waals surface area contributed by atoms with Crippen LogP contribution in [0.3, 0.4) is 0 Å². The van der Waals surface area contributed by atoms with Gasteiger partial charge in [-0.05, 0) is 64.2 Å². The van der Waals surface area contributed by atoms with E-state index < -0.39 is 5.60 Å². The summed E-state index contributed by atoms with van der Waals surface area (Å²) in [6.07, 6.45) is 0. The van der Waals surface area contributed by atoms with Gasteiger partial charge < -0.3 is 9.64 Å². The Bertz CT molecular complexity index is 2250. The summed E-state index contributed by atoms with van der Waals surface area (Å²) >= 11 is 0. The topological polar surface area (TPSA) is 12.5 Å². The van der Waals surface area contributed by atoms with E-state index in [4.69, 9.17) is 4.74 Å². The highest BCUT2D eigenvalue weighted by atomic mass is 16.5. The van der Waals surface area contributed by atoms with Crippen LogP contribution in [0.15, 0.2) is 176 Å². The number of hydrogen-bond donors (Lipinski definition) is 0. The van der Waals surface area contributed by atoms with Crippen LogP contribution in [-0.4, -0.2) is 0 Å². The SMILES string of the molecule is CC1(C)c2ccccc2-c2cc(N(c3ccccc3)c3ccc4c(c3)OC(c3ccccc3)(c3ccccc3)c3ccccc3-4)ccc21. The molecule has 0 aromatic heterocycles. The van der Waals surface area contributed by atoms with E-state index >= 15 is 0 Å². The molecule has 2 aliphatic rings. The first-order valence-corrected chi connectivity index (χ1v) is 16.7. The highest BCUT2D eigenvalue weighted by Gasteiger charge is 2.44. The molecule has 0 saturated carbocycles. The Kier molecular flexibility index (Phi) is 6.42. The molecule has 0 amide bonds. The zero-order chi connectivity index (χ0) is 32.3. The molecule has 7 aromatic carbocycles. The molecular formula is C46H35NO. The van der Waals surface area contributed by atoms with E-state index in [9.17, 15) is 0 Å². The minimum absolute atomic E-state index is 0.0483. The molecule has 2 heteroatoms. The summed E-state index contributed by atoms with van der Waals surface area (Å²) in [4.78, 5) is 2.35. The van der Waals surface area contributed by atoms with Gasteiger partial charge in [0.2, 0.25) is 0 Å². The summed E-state index contributed by atoms with van der Waals surface area (Å²) in [5.74, 6) is 0.854. The number of ether oxygens (including phenoxy) is 1. The Morgan fingerprint density at radius 3 is 1.56 bits per heavy atom. The molecule has 0 unspecified atom stereocenters. The molecule has 1 heterocycles.